The standard InChI is InChI=1S/C16H16S/c1-2-9-14(10-3-1)17-16-12-6-8-13-7-4-5-11-15(13)16/h1-5,7,9-11,16H,6,8,12H2/t16-/m0/s1. The van der Waals surface area contributed by atoms with Gasteiger partial charge >= 0.3 is 0 Å². The minimum absolute atomic E-state index is 0.641. The third-order valence-corrected chi connectivity index (χ3v) is 4.65. The summed E-state index contributed by atoms with van der Waals surface area (Å²) in [5.74, 6) is 0. The van der Waals surface area contributed by atoms with Crippen LogP contribution in [-0.2, 0) is 6.42 Å². The summed E-state index contributed by atoms with van der Waals surface area (Å²) >= 11 is 2.01. The summed E-state index contributed by atoms with van der Waals surface area (Å²) in [7, 11) is 0. The maximum absolute atomic E-state index is 2.30. The third kappa shape index (κ3) is 2.39. The summed E-state index contributed by atoms with van der Waals surface area (Å²) in [5, 5.41) is 0.641. The first-order chi connectivity index (χ1) is 8.43. The second-order valence-electron chi connectivity index (χ2n) is 4.51. The Labute approximate surface area is 107 Å². The van der Waals surface area contributed by atoms with Crippen molar-refractivity contribution >= 4 is 11.8 Å². The van der Waals surface area contributed by atoms with Crippen LogP contribution in [0.25, 0.3) is 0 Å². The molecule has 17 heavy (non-hydrogen) atoms. The lowest BCUT2D eigenvalue weighted by molar-refractivity contribution is 0.674. The summed E-state index contributed by atoms with van der Waals surface area (Å²) in [6.07, 6.45) is 3.88. The number of hydrogen-bond acceptors (Lipinski definition) is 1. The largest absolute Gasteiger partial charge is 0.118 e. The van der Waals surface area contributed by atoms with Gasteiger partial charge in [-0.3, -0.25) is 0 Å². The fourth-order valence-corrected chi connectivity index (χ4v) is 3.78. The second-order valence-corrected chi connectivity index (χ2v) is 5.79. The SMILES string of the molecule is c1ccc(S[C@H]2CCCc3ccccc32)cc1. The lowest BCUT2D eigenvalue weighted by Gasteiger charge is -2.24. The lowest BCUT2D eigenvalue weighted by atomic mass is 9.91. The van der Waals surface area contributed by atoms with Crippen LogP contribution in [0.3, 0.4) is 0 Å². The molecule has 0 nitrogen and oxygen atoms in total. The Balaban J connectivity index is 1.86. The Kier molecular flexibility index (Phi) is 3.19. The van der Waals surface area contributed by atoms with Crippen molar-refractivity contribution in [3.8, 4) is 0 Å². The molecule has 0 radical (unpaired) electrons. The van der Waals surface area contributed by atoms with Crippen LogP contribution in [0.15, 0.2) is 59.5 Å². The molecule has 3 rings (SSSR count). The highest BCUT2D eigenvalue weighted by molar-refractivity contribution is 7.99. The molecule has 0 N–H and O–H groups in total. The van der Waals surface area contributed by atoms with E-state index in [9.17, 15) is 0 Å². The van der Waals surface area contributed by atoms with Gasteiger partial charge in [0.2, 0.25) is 0 Å². The van der Waals surface area contributed by atoms with E-state index in [1.165, 1.54) is 24.2 Å². The molecule has 1 atom stereocenters. The first kappa shape index (κ1) is 10.9. The number of aryl methyl sites for hydroxylation is 1. The number of fused-ring (bicyclic) bond motifs is 1. The van der Waals surface area contributed by atoms with Crippen LogP contribution in [0.2, 0.25) is 0 Å². The number of hydrogen-bond donors (Lipinski definition) is 0. The molecule has 2 aromatic carbocycles. The summed E-state index contributed by atoms with van der Waals surface area (Å²) in [4.78, 5) is 1.38. The normalized spacial score (nSPS) is 18.7. The van der Waals surface area contributed by atoms with Gasteiger partial charge in [-0.25, -0.2) is 0 Å². The molecule has 0 amide bonds. The molecule has 0 aliphatic heterocycles. The van der Waals surface area contributed by atoms with E-state index in [4.69, 9.17) is 0 Å². The predicted molar refractivity (Wildman–Crippen MR) is 74.4 cm³/mol. The van der Waals surface area contributed by atoms with Crippen LogP contribution in [0.1, 0.15) is 29.2 Å². The molecule has 1 aliphatic carbocycles. The smallest absolute Gasteiger partial charge is 0.0347 e. The van der Waals surface area contributed by atoms with Crippen molar-refractivity contribution in [2.24, 2.45) is 0 Å². The van der Waals surface area contributed by atoms with Gasteiger partial charge in [-0.1, -0.05) is 42.5 Å². The number of benzene rings is 2. The molecule has 0 heterocycles. The van der Waals surface area contributed by atoms with E-state index in [0.29, 0.717) is 5.25 Å². The van der Waals surface area contributed by atoms with Gasteiger partial charge in [0.15, 0.2) is 0 Å². The zero-order valence-corrected chi connectivity index (χ0v) is 10.6. The van der Waals surface area contributed by atoms with E-state index >= 15 is 0 Å². The first-order valence-electron chi connectivity index (χ1n) is 6.23. The molecule has 0 aromatic heterocycles. The van der Waals surface area contributed by atoms with Gasteiger partial charge in [-0.15, -0.1) is 11.8 Å². The van der Waals surface area contributed by atoms with E-state index in [1.807, 2.05) is 11.8 Å². The molecular formula is C16H16S. The van der Waals surface area contributed by atoms with Gasteiger partial charge in [-0.2, -0.15) is 0 Å². The maximum atomic E-state index is 2.30. The van der Waals surface area contributed by atoms with Crippen molar-refractivity contribution in [3.05, 3.63) is 65.7 Å². The maximum Gasteiger partial charge on any atom is 0.0347 e. The molecular weight excluding hydrogens is 224 g/mol. The molecule has 1 heteroatoms. The molecule has 0 fully saturated rings. The molecule has 86 valence electrons. The number of thioether (sulfide) groups is 1. The fraction of sp³-hybridized carbons (Fsp3) is 0.250. The minimum atomic E-state index is 0.641. The van der Waals surface area contributed by atoms with E-state index in [0.717, 1.165) is 0 Å². The Hall–Kier alpha value is -1.21. The average Bonchev–Trinajstić information content (AvgIpc) is 2.40. The van der Waals surface area contributed by atoms with E-state index in [-0.39, 0.29) is 0 Å². The Morgan fingerprint density at radius 1 is 0.882 bits per heavy atom. The van der Waals surface area contributed by atoms with E-state index in [2.05, 4.69) is 54.6 Å². The van der Waals surface area contributed by atoms with Gasteiger partial charge in [0.25, 0.3) is 0 Å². The first-order valence-corrected chi connectivity index (χ1v) is 7.11. The fourth-order valence-electron chi connectivity index (χ4n) is 2.50. The van der Waals surface area contributed by atoms with E-state index in [1.54, 1.807) is 11.1 Å². The molecule has 0 saturated heterocycles. The second kappa shape index (κ2) is 4.97. The molecule has 0 spiro atoms. The zero-order valence-electron chi connectivity index (χ0n) is 9.80. The third-order valence-electron chi connectivity index (χ3n) is 3.34. The van der Waals surface area contributed by atoms with Crippen LogP contribution in [0.4, 0.5) is 0 Å². The highest BCUT2D eigenvalue weighted by Crippen LogP contribution is 2.42. The summed E-state index contributed by atoms with van der Waals surface area (Å²) in [6, 6.07) is 19.7. The van der Waals surface area contributed by atoms with Crippen molar-refractivity contribution in [2.75, 3.05) is 0 Å². The summed E-state index contributed by atoms with van der Waals surface area (Å²) < 4.78 is 0. The Bertz CT molecular complexity index is 490. The summed E-state index contributed by atoms with van der Waals surface area (Å²) in [6.45, 7) is 0. The van der Waals surface area contributed by atoms with Gasteiger partial charge in [0.05, 0.1) is 0 Å². The average molecular weight is 240 g/mol. The van der Waals surface area contributed by atoms with Crippen molar-refractivity contribution in [3.63, 3.8) is 0 Å². The van der Waals surface area contributed by atoms with Gasteiger partial charge in [0, 0.05) is 10.1 Å². The summed E-state index contributed by atoms with van der Waals surface area (Å²) in [5.41, 5.74) is 3.10. The number of rotatable bonds is 2. The minimum Gasteiger partial charge on any atom is -0.118 e. The van der Waals surface area contributed by atoms with Crippen LogP contribution in [0, 0.1) is 0 Å². The van der Waals surface area contributed by atoms with Crippen molar-refractivity contribution in [2.45, 2.75) is 29.4 Å². The van der Waals surface area contributed by atoms with E-state index < -0.39 is 0 Å². The predicted octanol–water partition coefficient (Wildman–Crippen LogP) is 4.86. The van der Waals surface area contributed by atoms with Crippen molar-refractivity contribution in [1.29, 1.82) is 0 Å². The monoisotopic (exact) mass is 240 g/mol. The topological polar surface area (TPSA) is 0 Å². The van der Waals surface area contributed by atoms with Crippen molar-refractivity contribution < 1.29 is 0 Å². The van der Waals surface area contributed by atoms with Crippen LogP contribution >= 0.6 is 11.8 Å². The van der Waals surface area contributed by atoms with Gasteiger partial charge in [-0.05, 0) is 42.5 Å². The Morgan fingerprint density at radius 2 is 1.65 bits per heavy atom. The molecule has 0 saturated carbocycles. The lowest BCUT2D eigenvalue weighted by Crippen LogP contribution is -2.06. The van der Waals surface area contributed by atoms with Crippen LogP contribution in [0.5, 0.6) is 0 Å². The molecule has 1 aliphatic rings. The molecule has 0 bridgehead atoms. The van der Waals surface area contributed by atoms with Crippen LogP contribution < -0.4 is 0 Å². The van der Waals surface area contributed by atoms with Gasteiger partial charge < -0.3 is 0 Å². The zero-order chi connectivity index (χ0) is 11.5. The van der Waals surface area contributed by atoms with Crippen LogP contribution in [-0.4, -0.2) is 0 Å². The molecule has 2 aromatic rings. The van der Waals surface area contributed by atoms with Crippen molar-refractivity contribution in [1.82, 2.24) is 0 Å². The molecule has 0 unspecified atom stereocenters. The quantitative estimate of drug-likeness (QED) is 0.722. The highest BCUT2D eigenvalue weighted by atomic mass is 32.2. The Morgan fingerprint density at radius 3 is 2.53 bits per heavy atom. The van der Waals surface area contributed by atoms with Gasteiger partial charge in [0.1, 0.15) is 0 Å². The highest BCUT2D eigenvalue weighted by Gasteiger charge is 2.20.